The normalized spacial score (nSPS) is 13.2. The Kier molecular flexibility index (Phi) is 4.32. The first kappa shape index (κ1) is 9.66. The molecule has 1 unspecified atom stereocenters. The minimum atomic E-state index is -2.57. The van der Waals surface area contributed by atoms with E-state index in [1.165, 1.54) is 7.11 Å². The topological polar surface area (TPSA) is 52.6 Å². The van der Waals surface area contributed by atoms with Crippen LogP contribution in [-0.2, 0) is 18.4 Å². The van der Waals surface area contributed by atoms with E-state index in [-0.39, 0.29) is 5.92 Å². The summed E-state index contributed by atoms with van der Waals surface area (Å²) < 4.78 is 19.1. The molecule has 5 heteroatoms. The van der Waals surface area contributed by atoms with Crippen LogP contribution in [0.3, 0.4) is 0 Å². The van der Waals surface area contributed by atoms with Crippen molar-refractivity contribution < 1.29 is 18.4 Å². The fourth-order valence-corrected chi connectivity index (χ4v) is 0.725. The second kappa shape index (κ2) is 4.47. The van der Waals surface area contributed by atoms with Crippen LogP contribution in [0.4, 0.5) is 0 Å². The van der Waals surface area contributed by atoms with Gasteiger partial charge in [-0.15, -0.1) is 0 Å². The number of carbonyl (C=O) groups excluding carboxylic acids is 1. The van der Waals surface area contributed by atoms with E-state index < -0.39 is 14.2 Å². The summed E-state index contributed by atoms with van der Waals surface area (Å²) in [6.45, 7) is 3.32. The molecule has 0 saturated carbocycles. The fourth-order valence-electron chi connectivity index (χ4n) is 0.242. The maximum absolute atomic E-state index is 10.6. The Balaban J connectivity index is 3.69. The molecule has 0 aromatic heterocycles. The van der Waals surface area contributed by atoms with Gasteiger partial charge in [0, 0.05) is 7.11 Å². The first-order valence-electron chi connectivity index (χ1n) is 2.87. The van der Waals surface area contributed by atoms with E-state index in [4.69, 9.17) is 0 Å². The van der Waals surface area contributed by atoms with Crippen LogP contribution in [-0.4, -0.2) is 13.1 Å². The van der Waals surface area contributed by atoms with Crippen molar-refractivity contribution in [3.8, 4) is 0 Å². The summed E-state index contributed by atoms with van der Waals surface area (Å²) in [6.07, 6.45) is 0. The Bertz CT molecular complexity index is 143. The van der Waals surface area contributed by atoms with Gasteiger partial charge in [-0.1, -0.05) is 13.8 Å². The fraction of sp³-hybridized carbons (Fsp3) is 0.800. The first-order chi connectivity index (χ1) is 4.57. The summed E-state index contributed by atoms with van der Waals surface area (Å²) in [5.41, 5.74) is 0. The Morgan fingerprint density at radius 3 is 2.30 bits per heavy atom. The Morgan fingerprint density at radius 1 is 1.50 bits per heavy atom. The molecular weight excluding hydrogens is 155 g/mol. The number of hydrogen-bond acceptors (Lipinski definition) is 4. The summed E-state index contributed by atoms with van der Waals surface area (Å²) in [4.78, 5) is 10.6. The van der Waals surface area contributed by atoms with Crippen LogP contribution in [0, 0.1) is 5.92 Å². The van der Waals surface area contributed by atoms with Crippen LogP contribution in [0.2, 0.25) is 0 Å². The first-order valence-corrected chi connectivity index (χ1v) is 4.10. The molecule has 4 nitrogen and oxygen atoms in total. The molecule has 0 aromatic carbocycles. The van der Waals surface area contributed by atoms with Crippen molar-refractivity contribution in [2.75, 3.05) is 7.11 Å². The predicted octanol–water partition coefficient (Wildman–Crippen LogP) is 1.22. The lowest BCUT2D eigenvalue weighted by Gasteiger charge is -2.03. The molecule has 0 aliphatic heterocycles. The molecule has 0 heterocycles. The van der Waals surface area contributed by atoms with Crippen molar-refractivity contribution in [2.45, 2.75) is 13.8 Å². The largest absolute Gasteiger partial charge is 0.393 e. The summed E-state index contributed by atoms with van der Waals surface area (Å²) >= 11 is 0. The van der Waals surface area contributed by atoms with Crippen LogP contribution in [0.15, 0.2) is 0 Å². The van der Waals surface area contributed by atoms with Crippen molar-refractivity contribution in [1.82, 2.24) is 0 Å². The number of rotatable bonds is 3. The van der Waals surface area contributed by atoms with Crippen LogP contribution in [0.1, 0.15) is 13.8 Å². The molecule has 0 bridgehead atoms. The van der Waals surface area contributed by atoms with Gasteiger partial charge in [0.05, 0.1) is 5.92 Å². The minimum Gasteiger partial charge on any atom is -0.393 e. The lowest BCUT2D eigenvalue weighted by Crippen LogP contribution is -2.07. The van der Waals surface area contributed by atoms with Crippen LogP contribution in [0.5, 0.6) is 0 Å². The van der Waals surface area contributed by atoms with E-state index in [9.17, 15) is 9.36 Å². The van der Waals surface area contributed by atoms with E-state index in [1.54, 1.807) is 13.8 Å². The molecule has 10 heavy (non-hydrogen) atoms. The van der Waals surface area contributed by atoms with E-state index in [0.717, 1.165) is 0 Å². The number of carbonyl (C=O) groups is 1. The highest BCUT2D eigenvalue weighted by Gasteiger charge is 2.10. The van der Waals surface area contributed by atoms with E-state index in [1.807, 2.05) is 0 Å². The lowest BCUT2D eigenvalue weighted by molar-refractivity contribution is -0.137. The third kappa shape index (κ3) is 3.64. The zero-order chi connectivity index (χ0) is 8.15. The van der Waals surface area contributed by atoms with E-state index >= 15 is 0 Å². The van der Waals surface area contributed by atoms with E-state index in [2.05, 4.69) is 9.05 Å². The Hall–Kier alpha value is -0.340. The molecule has 0 rings (SSSR count). The monoisotopic (exact) mass is 166 g/mol. The molecule has 0 spiro atoms. The number of hydrogen-bond donors (Lipinski definition) is 0. The summed E-state index contributed by atoms with van der Waals surface area (Å²) in [5.74, 6) is -0.755. The Labute approximate surface area is 60.5 Å². The summed E-state index contributed by atoms with van der Waals surface area (Å²) in [5, 5.41) is 0. The highest BCUT2D eigenvalue weighted by molar-refractivity contribution is 7.34. The third-order valence-corrected chi connectivity index (χ3v) is 1.52. The average Bonchev–Trinajstić information content (AvgIpc) is 1.87. The molecule has 0 amide bonds. The highest BCUT2D eigenvalue weighted by atomic mass is 31.1. The van der Waals surface area contributed by atoms with Gasteiger partial charge in [-0.25, -0.2) is 4.57 Å². The zero-order valence-corrected chi connectivity index (χ0v) is 7.21. The van der Waals surface area contributed by atoms with Gasteiger partial charge < -0.3 is 9.05 Å². The Morgan fingerprint density at radius 2 is 2.00 bits per heavy atom. The molecular formula is C5H11O4P. The maximum Gasteiger partial charge on any atom is 0.369 e. The standard InChI is InChI=1S/C5H11O4P/c1-4(2)5(6)9-10(7)8-3/h4,10H,1-3H3. The smallest absolute Gasteiger partial charge is 0.369 e. The molecule has 0 aliphatic carbocycles. The van der Waals surface area contributed by atoms with Crippen molar-refractivity contribution in [3.05, 3.63) is 0 Å². The molecule has 1 atom stereocenters. The molecule has 60 valence electrons. The van der Waals surface area contributed by atoms with Crippen molar-refractivity contribution in [2.24, 2.45) is 5.92 Å². The molecule has 0 aromatic rings. The van der Waals surface area contributed by atoms with Crippen molar-refractivity contribution in [3.63, 3.8) is 0 Å². The van der Waals surface area contributed by atoms with Crippen molar-refractivity contribution in [1.29, 1.82) is 0 Å². The minimum absolute atomic E-state index is 0.260. The van der Waals surface area contributed by atoms with Gasteiger partial charge in [0.25, 0.3) is 0 Å². The van der Waals surface area contributed by atoms with Gasteiger partial charge in [0.2, 0.25) is 0 Å². The van der Waals surface area contributed by atoms with Crippen LogP contribution in [0.25, 0.3) is 0 Å². The van der Waals surface area contributed by atoms with Gasteiger partial charge in [0.15, 0.2) is 0 Å². The maximum atomic E-state index is 10.6. The highest BCUT2D eigenvalue weighted by Crippen LogP contribution is 2.23. The van der Waals surface area contributed by atoms with Gasteiger partial charge in [0.1, 0.15) is 0 Å². The van der Waals surface area contributed by atoms with Crippen molar-refractivity contribution >= 4 is 14.2 Å². The SMILES string of the molecule is CO[PH](=O)OC(=O)C(C)C. The molecule has 0 N–H and O–H groups in total. The third-order valence-electron chi connectivity index (χ3n) is 0.822. The van der Waals surface area contributed by atoms with Gasteiger partial charge in [-0.2, -0.15) is 0 Å². The van der Waals surface area contributed by atoms with Gasteiger partial charge >= 0.3 is 14.2 Å². The molecule has 0 saturated heterocycles. The summed E-state index contributed by atoms with van der Waals surface area (Å²) in [6, 6.07) is 0. The molecule has 0 radical (unpaired) electrons. The zero-order valence-electron chi connectivity index (χ0n) is 6.21. The van der Waals surface area contributed by atoms with Gasteiger partial charge in [-0.3, -0.25) is 4.79 Å². The summed E-state index contributed by atoms with van der Waals surface area (Å²) in [7, 11) is -1.34. The lowest BCUT2D eigenvalue weighted by atomic mass is 10.2. The van der Waals surface area contributed by atoms with Crippen LogP contribution < -0.4 is 0 Å². The second-order valence-corrected chi connectivity index (χ2v) is 3.14. The van der Waals surface area contributed by atoms with E-state index in [0.29, 0.717) is 0 Å². The molecule has 0 fully saturated rings. The predicted molar refractivity (Wildman–Crippen MR) is 36.9 cm³/mol. The second-order valence-electron chi connectivity index (χ2n) is 2.03. The quantitative estimate of drug-likeness (QED) is 0.591. The molecule has 0 aliphatic rings. The van der Waals surface area contributed by atoms with Gasteiger partial charge in [-0.05, 0) is 0 Å². The average molecular weight is 166 g/mol. The van der Waals surface area contributed by atoms with Crippen LogP contribution >= 0.6 is 8.25 Å².